The van der Waals surface area contributed by atoms with Crippen LogP contribution in [-0.4, -0.2) is 57.1 Å². The van der Waals surface area contributed by atoms with Crippen LogP contribution < -0.4 is 14.4 Å². The summed E-state index contributed by atoms with van der Waals surface area (Å²) < 4.78 is 32.2. The summed E-state index contributed by atoms with van der Waals surface area (Å²) >= 11 is 6.04. The number of nitrogens with zero attached hydrogens (tertiary/aromatic N) is 2. The van der Waals surface area contributed by atoms with E-state index in [-0.39, 0.29) is 24.2 Å². The van der Waals surface area contributed by atoms with Gasteiger partial charge in [0.05, 0.1) is 19.1 Å². The molecule has 0 aliphatic heterocycles. The topological polar surface area (TPSA) is 96.0 Å². The lowest BCUT2D eigenvalue weighted by molar-refractivity contribution is -0.140. The highest BCUT2D eigenvalue weighted by atomic mass is 35.5. The minimum absolute atomic E-state index is 0.0955. The first kappa shape index (κ1) is 28.8. The van der Waals surface area contributed by atoms with E-state index in [1.54, 1.807) is 42.5 Å². The van der Waals surface area contributed by atoms with Gasteiger partial charge in [0.15, 0.2) is 0 Å². The maximum atomic E-state index is 13.8. The van der Waals surface area contributed by atoms with Gasteiger partial charge in [-0.2, -0.15) is 0 Å². The van der Waals surface area contributed by atoms with Crippen LogP contribution in [0.5, 0.6) is 5.75 Å². The molecule has 0 spiro atoms. The number of ether oxygens (including phenoxy) is 1. The Morgan fingerprint density at radius 2 is 1.78 bits per heavy atom. The van der Waals surface area contributed by atoms with Crippen LogP contribution in [-0.2, 0) is 26.2 Å². The van der Waals surface area contributed by atoms with Crippen LogP contribution in [0.1, 0.15) is 50.2 Å². The quantitative estimate of drug-likeness (QED) is 0.451. The summed E-state index contributed by atoms with van der Waals surface area (Å²) in [7, 11) is -2.41. The molecule has 202 valence electrons. The van der Waals surface area contributed by atoms with Gasteiger partial charge in [-0.1, -0.05) is 49.6 Å². The number of carbonyl (C=O) groups excluding carboxylic acids is 2. The molecule has 3 rings (SSSR count). The van der Waals surface area contributed by atoms with Crippen molar-refractivity contribution in [3.63, 3.8) is 0 Å². The average molecular weight is 550 g/mol. The lowest BCUT2D eigenvalue weighted by Crippen LogP contribution is -2.53. The number of benzene rings is 2. The standard InChI is InChI=1S/C27H36ClN3O5S/c1-5-23(27(33)29-22-8-6-7-9-22)30(17-20-11-13-21(28)14-12-20)26(32)18-31(37(4,34)35)24-16-19(2)10-15-25(24)36-3/h10-16,22-23H,5-9,17-18H2,1-4H3,(H,29,33)/t23-/m0/s1. The molecular formula is C27H36ClN3O5S. The molecule has 1 atom stereocenters. The van der Waals surface area contributed by atoms with E-state index in [0.29, 0.717) is 17.2 Å². The van der Waals surface area contributed by atoms with E-state index >= 15 is 0 Å². The molecule has 1 saturated carbocycles. The molecule has 1 N–H and O–H groups in total. The number of hydrogen-bond acceptors (Lipinski definition) is 5. The van der Waals surface area contributed by atoms with E-state index in [1.165, 1.54) is 12.0 Å². The van der Waals surface area contributed by atoms with E-state index in [1.807, 2.05) is 13.8 Å². The van der Waals surface area contributed by atoms with Crippen molar-refractivity contribution < 1.29 is 22.7 Å². The zero-order chi connectivity index (χ0) is 27.2. The molecule has 10 heteroatoms. The van der Waals surface area contributed by atoms with Crippen molar-refractivity contribution >= 4 is 39.1 Å². The fraction of sp³-hybridized carbons (Fsp3) is 0.481. The second-order valence-electron chi connectivity index (χ2n) is 9.51. The first-order valence-electron chi connectivity index (χ1n) is 12.5. The Labute approximate surface area is 225 Å². The van der Waals surface area contributed by atoms with Crippen molar-refractivity contribution in [2.75, 3.05) is 24.2 Å². The van der Waals surface area contributed by atoms with E-state index < -0.39 is 28.5 Å². The summed E-state index contributed by atoms with van der Waals surface area (Å²) in [5, 5.41) is 3.65. The minimum Gasteiger partial charge on any atom is -0.495 e. The molecule has 1 fully saturated rings. The fourth-order valence-electron chi connectivity index (χ4n) is 4.66. The largest absolute Gasteiger partial charge is 0.495 e. The van der Waals surface area contributed by atoms with Crippen LogP contribution in [0.4, 0.5) is 5.69 Å². The first-order chi connectivity index (χ1) is 17.5. The van der Waals surface area contributed by atoms with Crippen molar-refractivity contribution in [1.29, 1.82) is 0 Å². The lowest BCUT2D eigenvalue weighted by Gasteiger charge is -2.33. The van der Waals surface area contributed by atoms with Crippen LogP contribution in [0.2, 0.25) is 5.02 Å². The van der Waals surface area contributed by atoms with Gasteiger partial charge in [0.2, 0.25) is 21.8 Å². The number of halogens is 1. The highest BCUT2D eigenvalue weighted by Gasteiger charge is 2.33. The number of anilines is 1. The maximum absolute atomic E-state index is 13.8. The van der Waals surface area contributed by atoms with Gasteiger partial charge in [-0.15, -0.1) is 0 Å². The molecule has 1 aliphatic rings. The molecule has 1 aliphatic carbocycles. The lowest BCUT2D eigenvalue weighted by atomic mass is 10.1. The molecule has 0 heterocycles. The zero-order valence-electron chi connectivity index (χ0n) is 21.9. The van der Waals surface area contributed by atoms with Crippen molar-refractivity contribution in [2.24, 2.45) is 0 Å². The summed E-state index contributed by atoms with van der Waals surface area (Å²) in [6.07, 6.45) is 5.40. The van der Waals surface area contributed by atoms with E-state index in [4.69, 9.17) is 16.3 Å². The predicted octanol–water partition coefficient (Wildman–Crippen LogP) is 4.29. The van der Waals surface area contributed by atoms with Gasteiger partial charge in [0.1, 0.15) is 18.3 Å². The third kappa shape index (κ3) is 7.61. The Balaban J connectivity index is 1.96. The molecule has 0 aromatic heterocycles. The number of amides is 2. The van der Waals surface area contributed by atoms with Crippen molar-refractivity contribution in [3.8, 4) is 5.75 Å². The Hall–Kier alpha value is -2.78. The fourth-order valence-corrected chi connectivity index (χ4v) is 5.63. The Morgan fingerprint density at radius 3 is 2.35 bits per heavy atom. The summed E-state index contributed by atoms with van der Waals surface area (Å²) in [6, 6.07) is 11.5. The minimum atomic E-state index is -3.86. The van der Waals surface area contributed by atoms with Crippen LogP contribution in [0, 0.1) is 6.92 Å². The van der Waals surface area contributed by atoms with Crippen molar-refractivity contribution in [1.82, 2.24) is 10.2 Å². The SMILES string of the molecule is CC[C@@H](C(=O)NC1CCCC1)N(Cc1ccc(Cl)cc1)C(=O)CN(c1cc(C)ccc1OC)S(C)(=O)=O. The van der Waals surface area contributed by atoms with Gasteiger partial charge in [-0.25, -0.2) is 8.42 Å². The van der Waals surface area contributed by atoms with E-state index in [2.05, 4.69) is 5.32 Å². The molecule has 2 aromatic rings. The predicted molar refractivity (Wildman–Crippen MR) is 146 cm³/mol. The summed E-state index contributed by atoms with van der Waals surface area (Å²) in [6.45, 7) is 3.34. The average Bonchev–Trinajstić information content (AvgIpc) is 3.35. The van der Waals surface area contributed by atoms with E-state index in [0.717, 1.165) is 47.4 Å². The van der Waals surface area contributed by atoms with Crippen LogP contribution in [0.25, 0.3) is 0 Å². The normalized spacial score (nSPS) is 14.7. The monoisotopic (exact) mass is 549 g/mol. The number of aryl methyl sites for hydroxylation is 1. The Morgan fingerprint density at radius 1 is 1.14 bits per heavy atom. The third-order valence-electron chi connectivity index (χ3n) is 6.64. The van der Waals surface area contributed by atoms with Gasteiger partial charge in [-0.3, -0.25) is 13.9 Å². The number of carbonyl (C=O) groups is 2. The molecule has 0 unspecified atom stereocenters. The Kier molecular flexibility index (Phi) is 9.84. The van der Waals surface area contributed by atoms with Crippen LogP contribution in [0.3, 0.4) is 0 Å². The zero-order valence-corrected chi connectivity index (χ0v) is 23.4. The molecule has 0 saturated heterocycles. The van der Waals surface area contributed by atoms with Gasteiger partial charge in [0.25, 0.3) is 0 Å². The second kappa shape index (κ2) is 12.6. The molecule has 0 bridgehead atoms. The highest BCUT2D eigenvalue weighted by molar-refractivity contribution is 7.92. The maximum Gasteiger partial charge on any atom is 0.244 e. The molecular weight excluding hydrogens is 514 g/mol. The summed E-state index contributed by atoms with van der Waals surface area (Å²) in [5.74, 6) is -0.382. The number of rotatable bonds is 11. The molecule has 8 nitrogen and oxygen atoms in total. The van der Waals surface area contributed by atoms with Gasteiger partial charge < -0.3 is 15.0 Å². The molecule has 0 radical (unpaired) electrons. The number of methoxy groups -OCH3 is 1. The number of hydrogen-bond donors (Lipinski definition) is 1. The number of sulfonamides is 1. The van der Waals surface area contributed by atoms with Crippen LogP contribution in [0.15, 0.2) is 42.5 Å². The van der Waals surface area contributed by atoms with Crippen molar-refractivity contribution in [2.45, 2.75) is 64.6 Å². The van der Waals surface area contributed by atoms with E-state index in [9.17, 15) is 18.0 Å². The summed E-state index contributed by atoms with van der Waals surface area (Å²) in [5.41, 5.74) is 1.87. The molecule has 37 heavy (non-hydrogen) atoms. The molecule has 2 aromatic carbocycles. The van der Waals surface area contributed by atoms with Gasteiger partial charge in [-0.05, 0) is 61.6 Å². The third-order valence-corrected chi connectivity index (χ3v) is 8.01. The smallest absolute Gasteiger partial charge is 0.244 e. The first-order valence-corrected chi connectivity index (χ1v) is 14.7. The van der Waals surface area contributed by atoms with Crippen molar-refractivity contribution in [3.05, 3.63) is 58.6 Å². The summed E-state index contributed by atoms with van der Waals surface area (Å²) in [4.78, 5) is 28.7. The van der Waals surface area contributed by atoms with Gasteiger partial charge in [0, 0.05) is 17.6 Å². The van der Waals surface area contributed by atoms with Crippen LogP contribution >= 0.6 is 11.6 Å². The highest BCUT2D eigenvalue weighted by Crippen LogP contribution is 2.31. The second-order valence-corrected chi connectivity index (χ2v) is 11.9. The number of nitrogens with one attached hydrogen (secondary N) is 1. The Bertz CT molecular complexity index is 1200. The molecule has 2 amide bonds. The van der Waals surface area contributed by atoms with Gasteiger partial charge >= 0.3 is 0 Å².